The van der Waals surface area contributed by atoms with E-state index >= 15 is 0 Å². The van der Waals surface area contributed by atoms with Crippen LogP contribution in [0.3, 0.4) is 0 Å². The van der Waals surface area contributed by atoms with E-state index in [1.54, 1.807) is 0 Å². The monoisotopic (exact) mass is 196 g/mol. The maximum absolute atomic E-state index is 2.44. The van der Waals surface area contributed by atoms with Crippen molar-refractivity contribution in [2.24, 2.45) is 29.6 Å². The van der Waals surface area contributed by atoms with Gasteiger partial charge in [-0.25, -0.2) is 0 Å². The summed E-state index contributed by atoms with van der Waals surface area (Å²) < 4.78 is 0. The largest absolute Gasteiger partial charge is 0.0651 e. The Hall–Kier alpha value is 0. The van der Waals surface area contributed by atoms with Crippen LogP contribution < -0.4 is 0 Å². The average molecular weight is 196 g/mol. The van der Waals surface area contributed by atoms with Crippen molar-refractivity contribution in [3.05, 3.63) is 0 Å². The summed E-state index contributed by atoms with van der Waals surface area (Å²) >= 11 is 0. The molecule has 0 aromatic heterocycles. The van der Waals surface area contributed by atoms with Crippen LogP contribution in [0.15, 0.2) is 0 Å². The van der Waals surface area contributed by atoms with Gasteiger partial charge in [-0.05, 0) is 42.4 Å². The van der Waals surface area contributed by atoms with E-state index in [0.29, 0.717) is 0 Å². The summed E-state index contributed by atoms with van der Waals surface area (Å²) in [6, 6.07) is 0. The third-order valence-electron chi connectivity index (χ3n) is 4.60. The third kappa shape index (κ3) is 2.74. The first-order chi connectivity index (χ1) is 6.56. The molecule has 0 aromatic carbocycles. The molecule has 0 N–H and O–H groups in total. The SMILES string of the molecule is CCC(C)C(CC1CCC1C)C(C)C. The Morgan fingerprint density at radius 1 is 1.14 bits per heavy atom. The topological polar surface area (TPSA) is 0 Å². The van der Waals surface area contributed by atoms with Gasteiger partial charge in [0.25, 0.3) is 0 Å². The van der Waals surface area contributed by atoms with Crippen molar-refractivity contribution >= 4 is 0 Å². The molecule has 1 fully saturated rings. The average Bonchev–Trinajstić information content (AvgIpc) is 2.14. The van der Waals surface area contributed by atoms with Crippen LogP contribution in [-0.4, -0.2) is 0 Å². The van der Waals surface area contributed by atoms with Gasteiger partial charge in [-0.15, -0.1) is 0 Å². The fourth-order valence-corrected chi connectivity index (χ4v) is 2.90. The zero-order chi connectivity index (χ0) is 10.7. The van der Waals surface area contributed by atoms with Crippen molar-refractivity contribution in [2.75, 3.05) is 0 Å². The minimum absolute atomic E-state index is 0.873. The predicted octanol–water partition coefficient (Wildman–Crippen LogP) is 4.74. The summed E-state index contributed by atoms with van der Waals surface area (Å²) in [7, 11) is 0. The maximum Gasteiger partial charge on any atom is -0.0363 e. The van der Waals surface area contributed by atoms with E-state index in [9.17, 15) is 0 Å². The van der Waals surface area contributed by atoms with Crippen molar-refractivity contribution in [1.82, 2.24) is 0 Å². The van der Waals surface area contributed by atoms with Crippen LogP contribution in [0.25, 0.3) is 0 Å². The van der Waals surface area contributed by atoms with Gasteiger partial charge in [-0.3, -0.25) is 0 Å². The maximum atomic E-state index is 2.44. The molecule has 1 saturated carbocycles. The molecule has 0 heteroatoms. The molecule has 1 rings (SSSR count). The molecule has 0 aliphatic heterocycles. The Balaban J connectivity index is 2.42. The number of rotatable bonds is 5. The highest BCUT2D eigenvalue weighted by molar-refractivity contribution is 4.82. The summed E-state index contributed by atoms with van der Waals surface area (Å²) in [5.74, 6) is 4.82. The van der Waals surface area contributed by atoms with Gasteiger partial charge in [0.2, 0.25) is 0 Å². The molecule has 1 aliphatic carbocycles. The van der Waals surface area contributed by atoms with E-state index in [4.69, 9.17) is 0 Å². The molecule has 0 radical (unpaired) electrons. The highest BCUT2D eigenvalue weighted by atomic mass is 14.4. The fraction of sp³-hybridized carbons (Fsp3) is 1.00. The molecule has 14 heavy (non-hydrogen) atoms. The summed E-state index contributed by atoms with van der Waals surface area (Å²) in [4.78, 5) is 0. The quantitative estimate of drug-likeness (QED) is 0.595. The normalized spacial score (nSPS) is 31.3. The van der Waals surface area contributed by atoms with Gasteiger partial charge < -0.3 is 0 Å². The van der Waals surface area contributed by atoms with Gasteiger partial charge in [0.1, 0.15) is 0 Å². The molecular formula is C14H28. The van der Waals surface area contributed by atoms with Crippen molar-refractivity contribution < 1.29 is 0 Å². The summed E-state index contributed by atoms with van der Waals surface area (Å²) in [6.07, 6.45) is 5.83. The molecule has 0 aromatic rings. The molecule has 0 nitrogen and oxygen atoms in total. The Bertz CT molecular complexity index is 159. The zero-order valence-electron chi connectivity index (χ0n) is 10.7. The Kier molecular flexibility index (Phi) is 4.47. The van der Waals surface area contributed by atoms with Crippen molar-refractivity contribution in [1.29, 1.82) is 0 Å². The minimum atomic E-state index is 0.873. The first-order valence-corrected chi connectivity index (χ1v) is 6.56. The Morgan fingerprint density at radius 2 is 1.79 bits per heavy atom. The lowest BCUT2D eigenvalue weighted by atomic mass is 9.66. The molecule has 4 unspecified atom stereocenters. The summed E-state index contributed by atoms with van der Waals surface area (Å²) in [5.41, 5.74) is 0. The predicted molar refractivity (Wildman–Crippen MR) is 64.3 cm³/mol. The second kappa shape index (κ2) is 5.19. The second-order valence-electron chi connectivity index (χ2n) is 5.84. The molecule has 0 bridgehead atoms. The molecule has 0 amide bonds. The molecule has 0 saturated heterocycles. The first-order valence-electron chi connectivity index (χ1n) is 6.56. The first kappa shape index (κ1) is 12.1. The fourth-order valence-electron chi connectivity index (χ4n) is 2.90. The number of hydrogen-bond donors (Lipinski definition) is 0. The number of hydrogen-bond acceptors (Lipinski definition) is 0. The van der Waals surface area contributed by atoms with Gasteiger partial charge in [0.05, 0.1) is 0 Å². The van der Waals surface area contributed by atoms with Gasteiger partial charge in [0.15, 0.2) is 0 Å². The van der Waals surface area contributed by atoms with Crippen LogP contribution in [-0.2, 0) is 0 Å². The molecule has 0 spiro atoms. The van der Waals surface area contributed by atoms with Crippen molar-refractivity contribution in [3.63, 3.8) is 0 Å². The van der Waals surface area contributed by atoms with Crippen LogP contribution in [0.4, 0.5) is 0 Å². The van der Waals surface area contributed by atoms with Gasteiger partial charge in [0, 0.05) is 0 Å². The van der Waals surface area contributed by atoms with E-state index in [1.165, 1.54) is 25.7 Å². The van der Waals surface area contributed by atoms with Gasteiger partial charge in [-0.2, -0.15) is 0 Å². The molecular weight excluding hydrogens is 168 g/mol. The Labute approximate surface area is 90.5 Å². The molecule has 1 aliphatic rings. The Morgan fingerprint density at radius 3 is 2.07 bits per heavy atom. The molecule has 84 valence electrons. The lowest BCUT2D eigenvalue weighted by Crippen LogP contribution is -2.29. The third-order valence-corrected chi connectivity index (χ3v) is 4.60. The van der Waals surface area contributed by atoms with Crippen molar-refractivity contribution in [2.45, 2.75) is 60.3 Å². The van der Waals surface area contributed by atoms with Crippen LogP contribution in [0.2, 0.25) is 0 Å². The van der Waals surface area contributed by atoms with Gasteiger partial charge in [-0.1, -0.05) is 47.5 Å². The van der Waals surface area contributed by atoms with Crippen LogP contribution in [0, 0.1) is 29.6 Å². The smallest absolute Gasteiger partial charge is 0.0363 e. The zero-order valence-corrected chi connectivity index (χ0v) is 10.7. The van der Waals surface area contributed by atoms with Crippen LogP contribution in [0.5, 0.6) is 0 Å². The van der Waals surface area contributed by atoms with E-state index in [-0.39, 0.29) is 0 Å². The standard InChI is InChI=1S/C14H28/c1-6-11(4)14(10(2)3)9-13-8-7-12(13)5/h10-14H,6-9H2,1-5H3. The van der Waals surface area contributed by atoms with Crippen LogP contribution in [0.1, 0.15) is 60.3 Å². The highest BCUT2D eigenvalue weighted by Gasteiger charge is 2.31. The molecule has 4 atom stereocenters. The van der Waals surface area contributed by atoms with Crippen molar-refractivity contribution in [3.8, 4) is 0 Å². The summed E-state index contributed by atoms with van der Waals surface area (Å²) in [6.45, 7) is 12.0. The van der Waals surface area contributed by atoms with E-state index in [1.807, 2.05) is 0 Å². The lowest BCUT2D eigenvalue weighted by molar-refractivity contribution is 0.114. The van der Waals surface area contributed by atoms with Gasteiger partial charge >= 0.3 is 0 Å². The van der Waals surface area contributed by atoms with E-state index in [0.717, 1.165) is 29.6 Å². The summed E-state index contributed by atoms with van der Waals surface area (Å²) in [5, 5.41) is 0. The highest BCUT2D eigenvalue weighted by Crippen LogP contribution is 2.41. The minimum Gasteiger partial charge on any atom is -0.0651 e. The van der Waals surface area contributed by atoms with E-state index in [2.05, 4.69) is 34.6 Å². The second-order valence-corrected chi connectivity index (χ2v) is 5.84. The van der Waals surface area contributed by atoms with Crippen LogP contribution >= 0.6 is 0 Å². The molecule has 0 heterocycles. The van der Waals surface area contributed by atoms with E-state index < -0.39 is 0 Å². The lowest BCUT2D eigenvalue weighted by Gasteiger charge is -2.39.